The second-order valence-corrected chi connectivity index (χ2v) is 4.72. The van der Waals surface area contributed by atoms with E-state index < -0.39 is 12.0 Å². The normalized spacial score (nSPS) is 12.0. The van der Waals surface area contributed by atoms with E-state index >= 15 is 0 Å². The highest BCUT2D eigenvalue weighted by Crippen LogP contribution is 2.17. The molecule has 0 aromatic heterocycles. The van der Waals surface area contributed by atoms with E-state index in [-0.39, 0.29) is 18.5 Å². The maximum absolute atomic E-state index is 12.0. The van der Waals surface area contributed by atoms with Crippen molar-refractivity contribution in [2.45, 2.75) is 32.4 Å². The highest BCUT2D eigenvalue weighted by atomic mass is 16.4. The van der Waals surface area contributed by atoms with Gasteiger partial charge in [0, 0.05) is 13.1 Å². The molecule has 1 rings (SSSR count). The molecule has 1 atom stereocenters. The zero-order chi connectivity index (χ0) is 14.4. The molecule has 104 valence electrons. The van der Waals surface area contributed by atoms with E-state index in [0.29, 0.717) is 0 Å². The van der Waals surface area contributed by atoms with Crippen LogP contribution in [0.2, 0.25) is 0 Å². The number of carbonyl (C=O) groups excluding carboxylic acids is 1. The van der Waals surface area contributed by atoms with Crippen molar-refractivity contribution in [3.05, 3.63) is 35.9 Å². The number of amides is 2. The van der Waals surface area contributed by atoms with Crippen molar-refractivity contribution >= 4 is 12.0 Å². The third-order valence-corrected chi connectivity index (χ3v) is 2.97. The molecule has 1 aromatic carbocycles. The first-order valence-corrected chi connectivity index (χ1v) is 6.22. The smallest absolute Gasteiger partial charge is 0.317 e. The van der Waals surface area contributed by atoms with Crippen LogP contribution < -0.4 is 5.32 Å². The SMILES string of the molecule is CC(C)N(C)C(=O)NC(CC(=O)O)c1ccccc1. The van der Waals surface area contributed by atoms with Crippen LogP contribution in [0.25, 0.3) is 0 Å². The van der Waals surface area contributed by atoms with Crippen LogP contribution in [-0.2, 0) is 4.79 Å². The molecule has 0 spiro atoms. The van der Waals surface area contributed by atoms with Crippen LogP contribution in [0.4, 0.5) is 4.79 Å². The van der Waals surface area contributed by atoms with Gasteiger partial charge >= 0.3 is 12.0 Å². The van der Waals surface area contributed by atoms with Crippen molar-refractivity contribution in [1.29, 1.82) is 0 Å². The Kier molecular flexibility index (Phi) is 5.36. The monoisotopic (exact) mass is 264 g/mol. The Balaban J connectivity index is 2.82. The van der Waals surface area contributed by atoms with E-state index in [1.807, 2.05) is 44.2 Å². The van der Waals surface area contributed by atoms with E-state index in [0.717, 1.165) is 5.56 Å². The number of benzene rings is 1. The predicted molar refractivity (Wildman–Crippen MR) is 72.9 cm³/mol. The summed E-state index contributed by atoms with van der Waals surface area (Å²) in [6.45, 7) is 3.79. The van der Waals surface area contributed by atoms with Crippen LogP contribution in [0, 0.1) is 0 Å². The molecule has 0 aliphatic heterocycles. The van der Waals surface area contributed by atoms with Gasteiger partial charge in [0.25, 0.3) is 0 Å². The van der Waals surface area contributed by atoms with Gasteiger partial charge in [0.05, 0.1) is 12.5 Å². The number of carboxylic acid groups (broad SMARTS) is 1. The Labute approximate surface area is 113 Å². The van der Waals surface area contributed by atoms with Crippen LogP contribution in [0.15, 0.2) is 30.3 Å². The molecule has 0 aliphatic carbocycles. The van der Waals surface area contributed by atoms with Gasteiger partial charge in [-0.3, -0.25) is 4.79 Å². The quantitative estimate of drug-likeness (QED) is 0.857. The van der Waals surface area contributed by atoms with Gasteiger partial charge in [-0.1, -0.05) is 30.3 Å². The van der Waals surface area contributed by atoms with Crippen LogP contribution in [0.3, 0.4) is 0 Å². The zero-order valence-corrected chi connectivity index (χ0v) is 11.5. The number of rotatable bonds is 5. The highest BCUT2D eigenvalue weighted by Gasteiger charge is 2.20. The van der Waals surface area contributed by atoms with Crippen molar-refractivity contribution in [2.75, 3.05) is 7.05 Å². The molecule has 5 heteroatoms. The minimum absolute atomic E-state index is 0.0567. The molecule has 2 N–H and O–H groups in total. The Morgan fingerprint density at radius 2 is 1.84 bits per heavy atom. The molecule has 19 heavy (non-hydrogen) atoms. The Morgan fingerprint density at radius 3 is 2.32 bits per heavy atom. The Bertz CT molecular complexity index is 432. The van der Waals surface area contributed by atoms with E-state index in [1.165, 1.54) is 4.90 Å². The van der Waals surface area contributed by atoms with Crippen molar-refractivity contribution < 1.29 is 14.7 Å². The fraction of sp³-hybridized carbons (Fsp3) is 0.429. The second kappa shape index (κ2) is 6.78. The lowest BCUT2D eigenvalue weighted by atomic mass is 10.0. The number of nitrogens with zero attached hydrogens (tertiary/aromatic N) is 1. The third-order valence-electron chi connectivity index (χ3n) is 2.97. The summed E-state index contributed by atoms with van der Waals surface area (Å²) in [5.41, 5.74) is 0.787. The van der Waals surface area contributed by atoms with Crippen LogP contribution >= 0.6 is 0 Å². The summed E-state index contributed by atoms with van der Waals surface area (Å²) >= 11 is 0. The number of carbonyl (C=O) groups is 2. The van der Waals surface area contributed by atoms with E-state index in [4.69, 9.17) is 5.11 Å². The van der Waals surface area contributed by atoms with Gasteiger partial charge in [-0.05, 0) is 19.4 Å². The van der Waals surface area contributed by atoms with E-state index in [9.17, 15) is 9.59 Å². The summed E-state index contributed by atoms with van der Waals surface area (Å²) < 4.78 is 0. The minimum Gasteiger partial charge on any atom is -0.481 e. The Hall–Kier alpha value is -2.04. The molecular formula is C14H20N2O3. The van der Waals surface area contributed by atoms with Crippen molar-refractivity contribution in [1.82, 2.24) is 10.2 Å². The number of urea groups is 1. The molecule has 0 radical (unpaired) electrons. The number of nitrogens with one attached hydrogen (secondary N) is 1. The number of hydrogen-bond acceptors (Lipinski definition) is 2. The summed E-state index contributed by atoms with van der Waals surface area (Å²) in [6, 6.07) is 8.37. The first-order valence-electron chi connectivity index (χ1n) is 6.22. The van der Waals surface area contributed by atoms with Gasteiger partial charge in [-0.25, -0.2) is 4.79 Å². The lowest BCUT2D eigenvalue weighted by molar-refractivity contribution is -0.137. The molecule has 0 bridgehead atoms. The highest BCUT2D eigenvalue weighted by molar-refractivity contribution is 5.76. The van der Waals surface area contributed by atoms with Gasteiger partial charge in [0.1, 0.15) is 0 Å². The zero-order valence-electron chi connectivity index (χ0n) is 11.5. The van der Waals surface area contributed by atoms with Crippen LogP contribution in [-0.4, -0.2) is 35.1 Å². The molecule has 0 saturated heterocycles. The lowest BCUT2D eigenvalue weighted by Crippen LogP contribution is -2.43. The number of hydrogen-bond donors (Lipinski definition) is 2. The first-order chi connectivity index (χ1) is 8.91. The summed E-state index contributed by atoms with van der Waals surface area (Å²) in [6.07, 6.45) is -0.137. The van der Waals surface area contributed by atoms with Crippen molar-refractivity contribution in [2.24, 2.45) is 0 Å². The minimum atomic E-state index is -0.943. The number of aliphatic carboxylic acids is 1. The molecule has 0 heterocycles. The molecule has 0 saturated carbocycles. The average molecular weight is 264 g/mol. The fourth-order valence-corrected chi connectivity index (χ4v) is 1.60. The summed E-state index contributed by atoms with van der Waals surface area (Å²) in [5.74, 6) is -0.943. The van der Waals surface area contributed by atoms with Gasteiger partial charge in [0.2, 0.25) is 0 Å². The maximum Gasteiger partial charge on any atom is 0.317 e. The molecule has 0 fully saturated rings. The van der Waals surface area contributed by atoms with E-state index in [2.05, 4.69) is 5.32 Å². The Morgan fingerprint density at radius 1 is 1.26 bits per heavy atom. The number of carboxylic acids is 1. The topological polar surface area (TPSA) is 69.6 Å². The van der Waals surface area contributed by atoms with Crippen molar-refractivity contribution in [3.63, 3.8) is 0 Å². The van der Waals surface area contributed by atoms with Gasteiger partial charge in [0.15, 0.2) is 0 Å². The lowest BCUT2D eigenvalue weighted by Gasteiger charge is -2.25. The standard InChI is InChI=1S/C14H20N2O3/c1-10(2)16(3)14(19)15-12(9-13(17)18)11-7-5-4-6-8-11/h4-8,10,12H,9H2,1-3H3,(H,15,19)(H,17,18). The van der Waals surface area contributed by atoms with Gasteiger partial charge in [-0.15, -0.1) is 0 Å². The van der Waals surface area contributed by atoms with Crippen LogP contribution in [0.1, 0.15) is 31.9 Å². The molecule has 1 aromatic rings. The first kappa shape index (κ1) is 15.0. The summed E-state index contributed by atoms with van der Waals surface area (Å²) in [5, 5.41) is 11.7. The molecule has 2 amide bonds. The van der Waals surface area contributed by atoms with Crippen LogP contribution in [0.5, 0.6) is 0 Å². The summed E-state index contributed by atoms with van der Waals surface area (Å²) in [7, 11) is 1.68. The average Bonchev–Trinajstić information content (AvgIpc) is 2.37. The molecule has 1 unspecified atom stereocenters. The maximum atomic E-state index is 12.0. The third kappa shape index (κ3) is 4.62. The molecule has 0 aliphatic rings. The molecule has 5 nitrogen and oxygen atoms in total. The van der Waals surface area contributed by atoms with E-state index in [1.54, 1.807) is 7.05 Å². The van der Waals surface area contributed by atoms with Crippen molar-refractivity contribution in [3.8, 4) is 0 Å². The summed E-state index contributed by atoms with van der Waals surface area (Å²) in [4.78, 5) is 24.4. The van der Waals surface area contributed by atoms with Gasteiger partial charge in [-0.2, -0.15) is 0 Å². The second-order valence-electron chi connectivity index (χ2n) is 4.72. The molecular weight excluding hydrogens is 244 g/mol. The predicted octanol–water partition coefficient (Wildman–Crippen LogP) is 2.25. The van der Waals surface area contributed by atoms with Gasteiger partial charge < -0.3 is 15.3 Å². The largest absolute Gasteiger partial charge is 0.481 e. The fourth-order valence-electron chi connectivity index (χ4n) is 1.60.